The molecule has 4 N–H and O–H groups in total. The van der Waals surface area contributed by atoms with E-state index >= 15 is 0 Å². The highest BCUT2D eigenvalue weighted by atomic mass is 16.5. The van der Waals surface area contributed by atoms with Crippen molar-refractivity contribution in [3.05, 3.63) is 11.6 Å². The standard InChI is InChI=1S/C37H66O8/c1-3-4-12-17-33(40)35-22-23-36(45-35)34(41)21-18-30(39)26-32-20-19-31(44-32)16-14-11-9-7-5-6-8-10-13-15-29(38)25-28-24-27(2)43-37(28)42/h24,27,29-36,38-41H,3-23,25-26H2,1-2H3/t27-,29?,30-,31+,32-,33+,34-,35-,36-/m0/s1. The third-order valence-corrected chi connectivity index (χ3v) is 10.1. The summed E-state index contributed by atoms with van der Waals surface area (Å²) in [6.45, 7) is 4.00. The molecule has 0 bridgehead atoms. The first kappa shape index (κ1) is 38.4. The van der Waals surface area contributed by atoms with Crippen LogP contribution in [-0.2, 0) is 19.0 Å². The van der Waals surface area contributed by atoms with E-state index in [0.717, 1.165) is 77.0 Å². The van der Waals surface area contributed by atoms with E-state index in [0.29, 0.717) is 37.4 Å². The topological polar surface area (TPSA) is 126 Å². The number of hydrogen-bond acceptors (Lipinski definition) is 8. The van der Waals surface area contributed by atoms with Crippen LogP contribution in [0.3, 0.4) is 0 Å². The van der Waals surface area contributed by atoms with Crippen LogP contribution < -0.4 is 0 Å². The third-order valence-electron chi connectivity index (χ3n) is 10.1. The van der Waals surface area contributed by atoms with Gasteiger partial charge in [-0.2, -0.15) is 0 Å². The average molecular weight is 639 g/mol. The molecule has 0 aromatic heterocycles. The molecule has 1 unspecified atom stereocenters. The monoisotopic (exact) mass is 638 g/mol. The van der Waals surface area contributed by atoms with Gasteiger partial charge >= 0.3 is 5.97 Å². The molecule has 3 aliphatic rings. The summed E-state index contributed by atoms with van der Waals surface area (Å²) in [7, 11) is 0. The van der Waals surface area contributed by atoms with E-state index in [1.807, 2.05) is 13.0 Å². The maximum atomic E-state index is 11.7. The van der Waals surface area contributed by atoms with Crippen LogP contribution >= 0.6 is 0 Å². The Kier molecular flexibility index (Phi) is 18.6. The molecule has 8 nitrogen and oxygen atoms in total. The molecular formula is C37H66O8. The molecule has 0 saturated carbocycles. The molecule has 0 aromatic rings. The Morgan fingerprint density at radius 1 is 0.689 bits per heavy atom. The highest BCUT2D eigenvalue weighted by Crippen LogP contribution is 2.30. The molecule has 3 aliphatic heterocycles. The van der Waals surface area contributed by atoms with E-state index in [1.165, 1.54) is 44.9 Å². The number of cyclic esters (lactones) is 1. The summed E-state index contributed by atoms with van der Waals surface area (Å²) in [5.41, 5.74) is 0.621. The van der Waals surface area contributed by atoms with Gasteiger partial charge in [0, 0.05) is 12.0 Å². The van der Waals surface area contributed by atoms with Crippen LogP contribution in [0.25, 0.3) is 0 Å². The fourth-order valence-electron chi connectivity index (χ4n) is 7.31. The molecule has 0 spiro atoms. The van der Waals surface area contributed by atoms with Crippen molar-refractivity contribution < 1.29 is 39.4 Å². The molecule has 0 amide bonds. The Labute approximate surface area is 273 Å². The van der Waals surface area contributed by atoms with Gasteiger partial charge < -0.3 is 34.6 Å². The first-order chi connectivity index (χ1) is 21.7. The van der Waals surface area contributed by atoms with E-state index in [4.69, 9.17) is 14.2 Å². The third kappa shape index (κ3) is 15.2. The molecular weight excluding hydrogens is 572 g/mol. The number of hydrogen-bond donors (Lipinski definition) is 4. The molecule has 3 heterocycles. The predicted molar refractivity (Wildman–Crippen MR) is 177 cm³/mol. The number of rotatable bonds is 25. The lowest BCUT2D eigenvalue weighted by Gasteiger charge is -2.23. The summed E-state index contributed by atoms with van der Waals surface area (Å²) in [5, 5.41) is 41.8. The predicted octanol–water partition coefficient (Wildman–Crippen LogP) is 6.83. The van der Waals surface area contributed by atoms with Crippen LogP contribution in [0.5, 0.6) is 0 Å². The van der Waals surface area contributed by atoms with Crippen molar-refractivity contribution >= 4 is 5.97 Å². The summed E-state index contributed by atoms with van der Waals surface area (Å²) in [5.74, 6) is -0.277. The van der Waals surface area contributed by atoms with Gasteiger partial charge in [-0.05, 0) is 77.2 Å². The van der Waals surface area contributed by atoms with Crippen molar-refractivity contribution in [3.63, 3.8) is 0 Å². The molecule has 3 rings (SSSR count). The van der Waals surface area contributed by atoms with Crippen LogP contribution in [-0.4, -0.2) is 81.3 Å². The Bertz CT molecular complexity index is 833. The van der Waals surface area contributed by atoms with Crippen molar-refractivity contribution in [1.29, 1.82) is 0 Å². The Balaban J connectivity index is 1.10. The average Bonchev–Trinajstić information content (AvgIpc) is 3.75. The lowest BCUT2D eigenvalue weighted by atomic mass is 9.99. The van der Waals surface area contributed by atoms with Gasteiger partial charge in [0.2, 0.25) is 0 Å². The summed E-state index contributed by atoms with van der Waals surface area (Å²) >= 11 is 0. The zero-order chi connectivity index (χ0) is 32.4. The quantitative estimate of drug-likeness (QED) is 0.0634. The van der Waals surface area contributed by atoms with Gasteiger partial charge in [0.15, 0.2) is 0 Å². The maximum absolute atomic E-state index is 11.7. The molecule has 8 heteroatoms. The van der Waals surface area contributed by atoms with Crippen molar-refractivity contribution in [2.24, 2.45) is 0 Å². The Morgan fingerprint density at radius 2 is 1.29 bits per heavy atom. The molecule has 0 aliphatic carbocycles. The number of esters is 1. The summed E-state index contributed by atoms with van der Waals surface area (Å²) in [4.78, 5) is 11.7. The Hall–Kier alpha value is -1.03. The van der Waals surface area contributed by atoms with E-state index in [2.05, 4.69) is 6.92 Å². The van der Waals surface area contributed by atoms with Crippen molar-refractivity contribution in [1.82, 2.24) is 0 Å². The normalized spacial score (nSPS) is 27.8. The van der Waals surface area contributed by atoms with Gasteiger partial charge in [-0.1, -0.05) is 84.0 Å². The second kappa shape index (κ2) is 21.8. The first-order valence-corrected chi connectivity index (χ1v) is 18.7. The van der Waals surface area contributed by atoms with E-state index in [1.54, 1.807) is 0 Å². The van der Waals surface area contributed by atoms with Crippen molar-refractivity contribution in [3.8, 4) is 0 Å². The van der Waals surface area contributed by atoms with Crippen molar-refractivity contribution in [2.75, 3.05) is 0 Å². The number of carbonyl (C=O) groups excluding carboxylic acids is 1. The van der Waals surface area contributed by atoms with Crippen LogP contribution in [0.1, 0.15) is 162 Å². The molecule has 2 saturated heterocycles. The lowest BCUT2D eigenvalue weighted by molar-refractivity contribution is -0.139. The Morgan fingerprint density at radius 3 is 1.93 bits per heavy atom. The smallest absolute Gasteiger partial charge is 0.334 e. The number of carbonyl (C=O) groups is 1. The number of aliphatic hydroxyl groups excluding tert-OH is 4. The summed E-state index contributed by atoms with van der Waals surface area (Å²) < 4.78 is 17.3. The van der Waals surface area contributed by atoms with Gasteiger partial charge in [-0.3, -0.25) is 0 Å². The van der Waals surface area contributed by atoms with Gasteiger partial charge in [-0.15, -0.1) is 0 Å². The minimum Gasteiger partial charge on any atom is -0.455 e. The maximum Gasteiger partial charge on any atom is 0.334 e. The van der Waals surface area contributed by atoms with Gasteiger partial charge in [0.25, 0.3) is 0 Å². The van der Waals surface area contributed by atoms with Crippen LogP contribution in [0.4, 0.5) is 0 Å². The van der Waals surface area contributed by atoms with Crippen LogP contribution in [0.2, 0.25) is 0 Å². The highest BCUT2D eigenvalue weighted by molar-refractivity contribution is 5.90. The SMILES string of the molecule is CCCCC[C@@H](O)[C@@H]1CC[C@@H]([C@@H](O)CC[C@H](O)C[C@@H]2CC[C@@H](CCCCCCCCCCCC(O)CC3=C[C@H](C)OC3=O)O2)O1. The summed E-state index contributed by atoms with van der Waals surface area (Å²) in [6.07, 6.45) is 22.2. The number of unbranched alkanes of at least 4 members (excludes halogenated alkanes) is 10. The first-order valence-electron chi connectivity index (χ1n) is 18.7. The molecule has 0 radical (unpaired) electrons. The van der Waals surface area contributed by atoms with E-state index in [-0.39, 0.29) is 30.4 Å². The fourth-order valence-corrected chi connectivity index (χ4v) is 7.31. The molecule has 262 valence electrons. The second-order valence-electron chi connectivity index (χ2n) is 14.3. The number of ether oxygens (including phenoxy) is 3. The van der Waals surface area contributed by atoms with E-state index < -0.39 is 24.4 Å². The minimum atomic E-state index is -0.595. The largest absolute Gasteiger partial charge is 0.455 e. The highest BCUT2D eigenvalue weighted by Gasteiger charge is 2.35. The molecule has 2 fully saturated rings. The van der Waals surface area contributed by atoms with Crippen LogP contribution in [0.15, 0.2) is 11.6 Å². The van der Waals surface area contributed by atoms with Crippen molar-refractivity contribution in [2.45, 2.75) is 216 Å². The number of aliphatic hydroxyl groups is 4. The zero-order valence-electron chi connectivity index (χ0n) is 28.5. The molecule has 0 aromatic carbocycles. The van der Waals surface area contributed by atoms with Gasteiger partial charge in [0.1, 0.15) is 6.10 Å². The second-order valence-corrected chi connectivity index (χ2v) is 14.3. The zero-order valence-corrected chi connectivity index (χ0v) is 28.5. The van der Waals surface area contributed by atoms with Gasteiger partial charge in [-0.25, -0.2) is 4.79 Å². The summed E-state index contributed by atoms with van der Waals surface area (Å²) in [6, 6.07) is 0. The lowest BCUT2D eigenvalue weighted by Crippen LogP contribution is -2.31. The van der Waals surface area contributed by atoms with E-state index in [9.17, 15) is 25.2 Å². The van der Waals surface area contributed by atoms with Crippen LogP contribution in [0, 0.1) is 0 Å². The minimum absolute atomic E-state index is 0.119. The molecule has 9 atom stereocenters. The fraction of sp³-hybridized carbons (Fsp3) is 0.919. The molecule has 45 heavy (non-hydrogen) atoms. The van der Waals surface area contributed by atoms with Gasteiger partial charge in [0.05, 0.1) is 48.8 Å².